The third-order valence-electron chi connectivity index (χ3n) is 4.88. The third-order valence-corrected chi connectivity index (χ3v) is 4.88. The summed E-state index contributed by atoms with van der Waals surface area (Å²) in [5, 5.41) is 0. The summed E-state index contributed by atoms with van der Waals surface area (Å²) < 4.78 is 57.1. The number of benzene rings is 1. The number of methoxy groups -OCH3 is 1. The SMILES string of the molecule is COC(=O)C[C@@H](Cc1cc(F)c(F)cc1F)B1OC(C)(C)C(C)(C)O1. The van der Waals surface area contributed by atoms with Gasteiger partial charge in [-0.15, -0.1) is 0 Å². The van der Waals surface area contributed by atoms with E-state index < -0.39 is 47.6 Å². The van der Waals surface area contributed by atoms with E-state index in [2.05, 4.69) is 4.74 Å². The first-order valence-corrected chi connectivity index (χ1v) is 8.02. The Morgan fingerprint density at radius 2 is 1.60 bits per heavy atom. The van der Waals surface area contributed by atoms with Crippen LogP contribution in [-0.2, 0) is 25.3 Å². The molecule has 0 aromatic heterocycles. The van der Waals surface area contributed by atoms with E-state index in [0.29, 0.717) is 6.07 Å². The molecule has 1 aromatic rings. The predicted octanol–water partition coefficient (Wildman–Crippen LogP) is 3.67. The van der Waals surface area contributed by atoms with E-state index in [1.165, 1.54) is 7.11 Å². The second kappa shape index (κ2) is 7.00. The fourth-order valence-electron chi connectivity index (χ4n) is 2.65. The van der Waals surface area contributed by atoms with Crippen molar-refractivity contribution in [3.05, 3.63) is 35.1 Å². The monoisotopic (exact) mass is 358 g/mol. The lowest BCUT2D eigenvalue weighted by Gasteiger charge is -2.32. The number of halogens is 3. The van der Waals surface area contributed by atoms with E-state index in [0.717, 1.165) is 6.07 Å². The molecule has 2 rings (SSSR count). The number of esters is 1. The van der Waals surface area contributed by atoms with Crippen molar-refractivity contribution in [3.8, 4) is 0 Å². The fourth-order valence-corrected chi connectivity index (χ4v) is 2.65. The average Bonchev–Trinajstić information content (AvgIpc) is 2.72. The minimum Gasteiger partial charge on any atom is -0.469 e. The molecular formula is C17H22BF3O4. The highest BCUT2D eigenvalue weighted by atomic mass is 19.2. The lowest BCUT2D eigenvalue weighted by Crippen LogP contribution is -2.41. The summed E-state index contributed by atoms with van der Waals surface area (Å²) in [6.45, 7) is 7.39. The van der Waals surface area contributed by atoms with Crippen LogP contribution in [0.25, 0.3) is 0 Å². The molecule has 1 heterocycles. The first-order valence-electron chi connectivity index (χ1n) is 8.02. The van der Waals surface area contributed by atoms with Crippen LogP contribution < -0.4 is 0 Å². The van der Waals surface area contributed by atoms with Gasteiger partial charge < -0.3 is 14.0 Å². The van der Waals surface area contributed by atoms with E-state index in [-0.39, 0.29) is 18.4 Å². The Balaban J connectivity index is 2.29. The molecule has 138 valence electrons. The Morgan fingerprint density at radius 1 is 1.08 bits per heavy atom. The largest absolute Gasteiger partial charge is 0.469 e. The Kier molecular flexibility index (Phi) is 5.54. The van der Waals surface area contributed by atoms with Crippen molar-refractivity contribution in [2.75, 3.05) is 7.11 Å². The van der Waals surface area contributed by atoms with Crippen LogP contribution >= 0.6 is 0 Å². The van der Waals surface area contributed by atoms with E-state index in [4.69, 9.17) is 9.31 Å². The second-order valence-corrected chi connectivity index (χ2v) is 7.23. The van der Waals surface area contributed by atoms with Crippen LogP contribution in [0.15, 0.2) is 12.1 Å². The van der Waals surface area contributed by atoms with Gasteiger partial charge in [-0.1, -0.05) is 0 Å². The molecule has 1 aliphatic rings. The molecule has 0 spiro atoms. The number of carbonyl (C=O) groups excluding carboxylic acids is 1. The molecule has 4 nitrogen and oxygen atoms in total. The summed E-state index contributed by atoms with van der Waals surface area (Å²) >= 11 is 0. The molecule has 0 unspecified atom stereocenters. The van der Waals surface area contributed by atoms with Crippen LogP contribution in [-0.4, -0.2) is 31.4 Å². The molecule has 1 atom stereocenters. The molecule has 8 heteroatoms. The maximum Gasteiger partial charge on any atom is 0.462 e. The number of rotatable bonds is 5. The Morgan fingerprint density at radius 3 is 2.12 bits per heavy atom. The van der Waals surface area contributed by atoms with E-state index in [1.54, 1.807) is 0 Å². The van der Waals surface area contributed by atoms with Gasteiger partial charge in [0.05, 0.1) is 18.3 Å². The van der Waals surface area contributed by atoms with Crippen molar-refractivity contribution in [2.45, 2.75) is 57.6 Å². The van der Waals surface area contributed by atoms with Crippen molar-refractivity contribution in [1.82, 2.24) is 0 Å². The number of hydrogen-bond acceptors (Lipinski definition) is 4. The maximum absolute atomic E-state index is 14.0. The molecule has 1 aromatic carbocycles. The zero-order valence-electron chi connectivity index (χ0n) is 15.0. The molecule has 1 fully saturated rings. The summed E-state index contributed by atoms with van der Waals surface area (Å²) in [5.41, 5.74) is -1.33. The topological polar surface area (TPSA) is 44.8 Å². The van der Waals surface area contributed by atoms with E-state index in [9.17, 15) is 18.0 Å². The maximum atomic E-state index is 14.0. The molecule has 0 saturated carbocycles. The van der Waals surface area contributed by atoms with Gasteiger partial charge in [-0.3, -0.25) is 4.79 Å². The van der Waals surface area contributed by atoms with Gasteiger partial charge in [0.15, 0.2) is 11.6 Å². The zero-order valence-corrected chi connectivity index (χ0v) is 15.0. The minimum atomic E-state index is -1.26. The van der Waals surface area contributed by atoms with Crippen LogP contribution in [0.5, 0.6) is 0 Å². The standard InChI is InChI=1S/C17H22BF3O4/c1-16(2)17(3,4)25-18(24-16)11(8-15(22)23-5)6-10-7-13(20)14(21)9-12(10)19/h7,9,11H,6,8H2,1-5H3/t11-/m1/s1. The van der Waals surface area contributed by atoms with Crippen molar-refractivity contribution < 1.29 is 32.0 Å². The molecule has 0 aliphatic carbocycles. The van der Waals surface area contributed by atoms with Gasteiger partial charge in [-0.05, 0) is 45.7 Å². The molecule has 0 amide bonds. The van der Waals surface area contributed by atoms with Gasteiger partial charge >= 0.3 is 13.1 Å². The van der Waals surface area contributed by atoms with Crippen molar-refractivity contribution >= 4 is 13.1 Å². The summed E-state index contributed by atoms with van der Waals surface area (Å²) in [6.07, 6.45) is -0.166. The van der Waals surface area contributed by atoms with Crippen molar-refractivity contribution in [3.63, 3.8) is 0 Å². The zero-order chi connectivity index (χ0) is 19.0. The van der Waals surface area contributed by atoms with Gasteiger partial charge in [0.2, 0.25) is 0 Å². The van der Waals surface area contributed by atoms with Gasteiger partial charge in [-0.25, -0.2) is 13.2 Å². The quantitative estimate of drug-likeness (QED) is 0.458. The molecule has 1 saturated heterocycles. The number of ether oxygens (including phenoxy) is 1. The fraction of sp³-hybridized carbons (Fsp3) is 0.588. The molecule has 0 radical (unpaired) electrons. The minimum absolute atomic E-state index is 0.0532. The molecular weight excluding hydrogens is 336 g/mol. The van der Waals surface area contributed by atoms with Crippen molar-refractivity contribution in [2.24, 2.45) is 0 Å². The molecule has 25 heavy (non-hydrogen) atoms. The van der Waals surface area contributed by atoms with Gasteiger partial charge in [0, 0.05) is 18.3 Å². The first kappa shape index (κ1) is 19.8. The normalized spacial score (nSPS) is 19.8. The summed E-state index contributed by atoms with van der Waals surface area (Å²) in [7, 11) is 0.429. The van der Waals surface area contributed by atoms with E-state index in [1.807, 2.05) is 27.7 Å². The van der Waals surface area contributed by atoms with Gasteiger partial charge in [-0.2, -0.15) is 0 Å². The Hall–Kier alpha value is -1.54. The van der Waals surface area contributed by atoms with Crippen LogP contribution in [0.4, 0.5) is 13.2 Å². The lowest BCUT2D eigenvalue weighted by molar-refractivity contribution is -0.140. The summed E-state index contributed by atoms with van der Waals surface area (Å²) in [6, 6.07) is 1.28. The Bertz CT molecular complexity index is 648. The highest BCUT2D eigenvalue weighted by Gasteiger charge is 2.54. The van der Waals surface area contributed by atoms with Crippen LogP contribution in [0.2, 0.25) is 5.82 Å². The number of carbonyl (C=O) groups is 1. The average molecular weight is 358 g/mol. The van der Waals surface area contributed by atoms with Gasteiger partial charge in [0.1, 0.15) is 5.82 Å². The highest BCUT2D eigenvalue weighted by molar-refractivity contribution is 6.48. The van der Waals surface area contributed by atoms with Crippen LogP contribution in [0, 0.1) is 17.5 Å². The second-order valence-electron chi connectivity index (χ2n) is 7.23. The van der Waals surface area contributed by atoms with E-state index >= 15 is 0 Å². The molecule has 0 bridgehead atoms. The van der Waals surface area contributed by atoms with Crippen LogP contribution in [0.3, 0.4) is 0 Å². The first-order chi connectivity index (χ1) is 11.5. The molecule has 0 N–H and O–H groups in total. The summed E-state index contributed by atoms with van der Waals surface area (Å²) in [5.74, 6) is -4.44. The highest BCUT2D eigenvalue weighted by Crippen LogP contribution is 2.42. The summed E-state index contributed by atoms with van der Waals surface area (Å²) in [4.78, 5) is 11.7. The molecule has 1 aliphatic heterocycles. The third kappa shape index (κ3) is 4.18. The van der Waals surface area contributed by atoms with Crippen molar-refractivity contribution in [1.29, 1.82) is 0 Å². The van der Waals surface area contributed by atoms with Gasteiger partial charge in [0.25, 0.3) is 0 Å². The number of hydrogen-bond donors (Lipinski definition) is 0. The lowest BCUT2D eigenvalue weighted by atomic mass is 9.67. The predicted molar refractivity (Wildman–Crippen MR) is 86.5 cm³/mol. The van der Waals surface area contributed by atoms with Crippen LogP contribution in [0.1, 0.15) is 39.7 Å². The Labute approximate surface area is 145 Å². The smallest absolute Gasteiger partial charge is 0.462 e.